The highest BCUT2D eigenvalue weighted by molar-refractivity contribution is 5.50. The number of halogens is 8. The number of alkyl halides is 8. The number of nitrogens with zero attached hydrogens (tertiary/aromatic N) is 1. The van der Waals surface area contributed by atoms with Gasteiger partial charge in [0.2, 0.25) is 0 Å². The minimum atomic E-state index is -5.88. The SMILES string of the molecule is CN(C)c1cccc(Oc2cccc(C(NCC(O)C(F)(F)F)c3cccc(C(F)(F)C(F)(F)F)c3)c2)c1. The van der Waals surface area contributed by atoms with Gasteiger partial charge in [0, 0.05) is 38.0 Å². The molecule has 0 saturated heterocycles. The summed E-state index contributed by atoms with van der Waals surface area (Å²) in [4.78, 5) is 1.83. The third kappa shape index (κ3) is 6.93. The van der Waals surface area contributed by atoms with E-state index in [2.05, 4.69) is 5.32 Å². The van der Waals surface area contributed by atoms with Crippen molar-refractivity contribution in [3.63, 3.8) is 0 Å². The number of ether oxygens (including phenoxy) is 1. The summed E-state index contributed by atoms with van der Waals surface area (Å²) in [5.41, 5.74) is -0.527. The van der Waals surface area contributed by atoms with Crippen molar-refractivity contribution in [2.45, 2.75) is 30.4 Å². The second kappa shape index (κ2) is 11.2. The van der Waals surface area contributed by atoms with E-state index in [0.29, 0.717) is 17.9 Å². The van der Waals surface area contributed by atoms with Crippen molar-refractivity contribution in [1.82, 2.24) is 5.32 Å². The summed E-state index contributed by atoms with van der Waals surface area (Å²) in [7, 11) is 3.64. The van der Waals surface area contributed by atoms with Crippen LogP contribution in [0.4, 0.5) is 40.8 Å². The van der Waals surface area contributed by atoms with E-state index in [9.17, 15) is 40.2 Å². The Labute approximate surface area is 213 Å². The summed E-state index contributed by atoms with van der Waals surface area (Å²) in [6, 6.07) is 14.8. The number of rotatable bonds is 9. The Morgan fingerprint density at radius 2 is 1.34 bits per heavy atom. The lowest BCUT2D eigenvalue weighted by Gasteiger charge is -2.25. The summed E-state index contributed by atoms with van der Waals surface area (Å²) in [5, 5.41) is 11.9. The molecule has 206 valence electrons. The summed E-state index contributed by atoms with van der Waals surface area (Å²) in [5.74, 6) is -4.53. The van der Waals surface area contributed by atoms with Crippen LogP contribution in [-0.4, -0.2) is 44.2 Å². The summed E-state index contributed by atoms with van der Waals surface area (Å²) < 4.78 is 111. The number of benzene rings is 3. The van der Waals surface area contributed by atoms with Gasteiger partial charge in [-0.25, -0.2) is 0 Å². The third-order valence-electron chi connectivity index (χ3n) is 5.59. The highest BCUT2D eigenvalue weighted by Gasteiger charge is 2.58. The number of hydrogen-bond donors (Lipinski definition) is 2. The second-order valence-corrected chi connectivity index (χ2v) is 8.66. The number of anilines is 1. The quantitative estimate of drug-likeness (QED) is 0.289. The van der Waals surface area contributed by atoms with E-state index in [-0.39, 0.29) is 16.9 Å². The number of aliphatic hydroxyl groups is 1. The zero-order valence-corrected chi connectivity index (χ0v) is 20.1. The molecule has 0 fully saturated rings. The Morgan fingerprint density at radius 3 is 1.92 bits per heavy atom. The Hall–Kier alpha value is -3.38. The zero-order valence-electron chi connectivity index (χ0n) is 20.1. The van der Waals surface area contributed by atoms with Crippen molar-refractivity contribution in [3.05, 3.63) is 89.5 Å². The topological polar surface area (TPSA) is 44.7 Å². The van der Waals surface area contributed by atoms with E-state index in [0.717, 1.165) is 11.8 Å². The highest BCUT2D eigenvalue weighted by atomic mass is 19.4. The first-order valence-electron chi connectivity index (χ1n) is 11.2. The molecule has 0 heterocycles. The molecule has 0 bridgehead atoms. The average Bonchev–Trinajstić information content (AvgIpc) is 2.83. The van der Waals surface area contributed by atoms with Crippen molar-refractivity contribution in [2.75, 3.05) is 25.5 Å². The zero-order chi connectivity index (χ0) is 28.3. The van der Waals surface area contributed by atoms with E-state index in [1.165, 1.54) is 24.3 Å². The molecule has 0 aliphatic heterocycles. The fraction of sp³-hybridized carbons (Fsp3) is 0.308. The number of nitrogens with one attached hydrogen (secondary N) is 1. The minimum Gasteiger partial charge on any atom is -0.457 e. The Morgan fingerprint density at radius 1 is 0.789 bits per heavy atom. The van der Waals surface area contributed by atoms with Gasteiger partial charge in [-0.05, 0) is 41.5 Å². The molecule has 0 aliphatic rings. The van der Waals surface area contributed by atoms with E-state index in [1.807, 2.05) is 25.1 Å². The largest absolute Gasteiger partial charge is 0.458 e. The molecule has 2 unspecified atom stereocenters. The van der Waals surface area contributed by atoms with E-state index in [4.69, 9.17) is 4.74 Å². The maximum Gasteiger partial charge on any atom is 0.458 e. The van der Waals surface area contributed by atoms with Crippen LogP contribution in [0.2, 0.25) is 0 Å². The smallest absolute Gasteiger partial charge is 0.457 e. The predicted octanol–water partition coefficient (Wildman–Crippen LogP) is 6.80. The van der Waals surface area contributed by atoms with Crippen LogP contribution in [0.1, 0.15) is 22.7 Å². The number of aliphatic hydroxyl groups excluding tert-OH is 1. The van der Waals surface area contributed by atoms with Gasteiger partial charge in [0.05, 0.1) is 6.04 Å². The third-order valence-corrected chi connectivity index (χ3v) is 5.59. The maximum absolute atomic E-state index is 14.0. The van der Waals surface area contributed by atoms with Gasteiger partial charge in [0.25, 0.3) is 0 Å². The van der Waals surface area contributed by atoms with Crippen LogP contribution < -0.4 is 15.0 Å². The lowest BCUT2D eigenvalue weighted by atomic mass is 9.95. The first-order chi connectivity index (χ1) is 17.6. The molecule has 2 atom stereocenters. The normalized spacial score (nSPS) is 14.2. The maximum atomic E-state index is 14.0. The van der Waals surface area contributed by atoms with Gasteiger partial charge in [0.15, 0.2) is 6.10 Å². The average molecular weight is 548 g/mol. The molecule has 2 N–H and O–H groups in total. The fourth-order valence-electron chi connectivity index (χ4n) is 3.57. The van der Waals surface area contributed by atoms with Crippen LogP contribution in [0.5, 0.6) is 11.5 Å². The molecule has 0 aromatic heterocycles. The van der Waals surface area contributed by atoms with Gasteiger partial charge in [-0.15, -0.1) is 0 Å². The Balaban J connectivity index is 2.00. The van der Waals surface area contributed by atoms with Gasteiger partial charge >= 0.3 is 18.3 Å². The van der Waals surface area contributed by atoms with Gasteiger partial charge < -0.3 is 20.1 Å². The standard InChI is InChI=1S/C26H24F8N2O2/c1-36(2)19-9-5-11-21(14-19)38-20-10-4-7-17(13-20)23(35-15-22(37)25(29,30)31)16-6-3-8-18(12-16)24(27,28)26(32,33)34/h3-14,22-23,35,37H,15H2,1-2H3. The molecule has 3 rings (SSSR count). The van der Waals surface area contributed by atoms with Crippen LogP contribution in [0.3, 0.4) is 0 Å². The fourth-order valence-corrected chi connectivity index (χ4v) is 3.57. The van der Waals surface area contributed by atoms with Crippen molar-refractivity contribution in [3.8, 4) is 11.5 Å². The van der Waals surface area contributed by atoms with Crippen molar-refractivity contribution < 1.29 is 45.0 Å². The van der Waals surface area contributed by atoms with Gasteiger partial charge in [-0.2, -0.15) is 35.1 Å². The van der Waals surface area contributed by atoms with Crippen LogP contribution in [0.25, 0.3) is 0 Å². The monoisotopic (exact) mass is 548 g/mol. The molecular formula is C26H24F8N2O2. The molecular weight excluding hydrogens is 524 g/mol. The van der Waals surface area contributed by atoms with Crippen LogP contribution in [0.15, 0.2) is 72.8 Å². The molecule has 0 aliphatic carbocycles. The van der Waals surface area contributed by atoms with Crippen LogP contribution in [0, 0.1) is 0 Å². The van der Waals surface area contributed by atoms with Crippen LogP contribution in [-0.2, 0) is 5.92 Å². The van der Waals surface area contributed by atoms with Gasteiger partial charge in [-0.3, -0.25) is 0 Å². The summed E-state index contributed by atoms with van der Waals surface area (Å²) in [6.07, 6.45) is -13.7. The van der Waals surface area contributed by atoms with Crippen molar-refractivity contribution in [2.24, 2.45) is 0 Å². The van der Waals surface area contributed by atoms with Gasteiger partial charge in [0.1, 0.15) is 11.5 Å². The molecule has 3 aromatic rings. The molecule has 38 heavy (non-hydrogen) atoms. The summed E-state index contributed by atoms with van der Waals surface area (Å²) >= 11 is 0. The molecule has 0 amide bonds. The summed E-state index contributed by atoms with van der Waals surface area (Å²) in [6.45, 7) is -1.05. The second-order valence-electron chi connectivity index (χ2n) is 8.66. The lowest BCUT2D eigenvalue weighted by molar-refractivity contribution is -0.289. The molecule has 4 nitrogen and oxygen atoms in total. The van der Waals surface area contributed by atoms with E-state index in [1.54, 1.807) is 24.3 Å². The highest BCUT2D eigenvalue weighted by Crippen LogP contribution is 2.44. The predicted molar refractivity (Wildman–Crippen MR) is 126 cm³/mol. The minimum absolute atomic E-state index is 0.174. The van der Waals surface area contributed by atoms with Crippen molar-refractivity contribution >= 4 is 5.69 Å². The Kier molecular flexibility index (Phi) is 8.57. The van der Waals surface area contributed by atoms with Gasteiger partial charge in [-0.1, -0.05) is 36.4 Å². The number of hydrogen-bond acceptors (Lipinski definition) is 4. The van der Waals surface area contributed by atoms with Crippen LogP contribution >= 0.6 is 0 Å². The lowest BCUT2D eigenvalue weighted by Crippen LogP contribution is -2.40. The Bertz CT molecular complexity index is 1230. The molecule has 3 aromatic carbocycles. The molecule has 0 spiro atoms. The van der Waals surface area contributed by atoms with E-state index >= 15 is 0 Å². The first kappa shape index (κ1) is 29.2. The van der Waals surface area contributed by atoms with E-state index < -0.39 is 42.5 Å². The van der Waals surface area contributed by atoms with Crippen molar-refractivity contribution in [1.29, 1.82) is 0 Å². The molecule has 0 radical (unpaired) electrons. The first-order valence-corrected chi connectivity index (χ1v) is 11.2. The molecule has 12 heteroatoms. The molecule has 0 saturated carbocycles.